The summed E-state index contributed by atoms with van der Waals surface area (Å²) in [6.07, 6.45) is 5.26. The highest BCUT2D eigenvalue weighted by Crippen LogP contribution is 2.23. The summed E-state index contributed by atoms with van der Waals surface area (Å²) in [6.45, 7) is 1.01. The van der Waals surface area contributed by atoms with Crippen LogP contribution in [-0.4, -0.2) is 41.8 Å². The molecule has 0 aromatic heterocycles. The van der Waals surface area contributed by atoms with E-state index in [0.29, 0.717) is 24.3 Å². The van der Waals surface area contributed by atoms with Gasteiger partial charge in [0.2, 0.25) is 11.8 Å². The van der Waals surface area contributed by atoms with Crippen LogP contribution in [-0.2, 0) is 16.0 Å². The number of para-hydroxylation sites is 1. The van der Waals surface area contributed by atoms with E-state index in [1.54, 1.807) is 29.2 Å². The molecule has 1 atom stereocenters. The number of likely N-dealkylation sites (tertiary alicyclic amines) is 1. The van der Waals surface area contributed by atoms with Crippen LogP contribution in [0.4, 0.5) is 5.69 Å². The third-order valence-electron chi connectivity index (χ3n) is 6.22. The van der Waals surface area contributed by atoms with Gasteiger partial charge in [-0.25, -0.2) is 0 Å². The molecule has 2 N–H and O–H groups in total. The van der Waals surface area contributed by atoms with Gasteiger partial charge >= 0.3 is 0 Å². The third kappa shape index (κ3) is 5.32. The summed E-state index contributed by atoms with van der Waals surface area (Å²) < 4.78 is 0. The number of hydrogen-bond donors (Lipinski definition) is 2. The van der Waals surface area contributed by atoms with Crippen molar-refractivity contribution in [2.45, 2.75) is 44.6 Å². The van der Waals surface area contributed by atoms with Crippen molar-refractivity contribution >= 4 is 23.4 Å². The lowest BCUT2D eigenvalue weighted by molar-refractivity contribution is -0.128. The Labute approximate surface area is 183 Å². The molecule has 1 heterocycles. The predicted molar refractivity (Wildman–Crippen MR) is 120 cm³/mol. The molecule has 0 unspecified atom stereocenters. The van der Waals surface area contributed by atoms with Crippen LogP contribution in [0.15, 0.2) is 54.6 Å². The number of anilines is 1. The molecule has 2 aliphatic rings. The van der Waals surface area contributed by atoms with Crippen molar-refractivity contribution in [2.75, 3.05) is 18.4 Å². The molecule has 162 valence electrons. The molecule has 1 saturated carbocycles. The summed E-state index contributed by atoms with van der Waals surface area (Å²) in [4.78, 5) is 39.8. The van der Waals surface area contributed by atoms with Crippen molar-refractivity contribution in [3.63, 3.8) is 0 Å². The molecule has 2 aromatic carbocycles. The van der Waals surface area contributed by atoms with Gasteiger partial charge in [-0.15, -0.1) is 0 Å². The molecule has 3 amide bonds. The van der Waals surface area contributed by atoms with Crippen molar-refractivity contribution in [1.82, 2.24) is 10.2 Å². The first-order valence-electron chi connectivity index (χ1n) is 11.1. The molecule has 6 nitrogen and oxygen atoms in total. The molecule has 0 bridgehead atoms. The molecule has 0 radical (unpaired) electrons. The summed E-state index contributed by atoms with van der Waals surface area (Å²) in [6, 6.07) is 17.3. The smallest absolute Gasteiger partial charge is 0.253 e. The van der Waals surface area contributed by atoms with E-state index < -0.39 is 5.92 Å². The Morgan fingerprint density at radius 1 is 0.968 bits per heavy atom. The van der Waals surface area contributed by atoms with E-state index in [-0.39, 0.29) is 30.2 Å². The van der Waals surface area contributed by atoms with E-state index in [0.717, 1.165) is 32.1 Å². The number of hydrogen-bond acceptors (Lipinski definition) is 3. The van der Waals surface area contributed by atoms with Gasteiger partial charge in [-0.2, -0.15) is 0 Å². The van der Waals surface area contributed by atoms with Crippen LogP contribution in [0.25, 0.3) is 0 Å². The number of carbonyl (C=O) groups excluding carboxylic acids is 3. The average Bonchev–Trinajstić information content (AvgIpc) is 3.43. The van der Waals surface area contributed by atoms with Crippen molar-refractivity contribution < 1.29 is 14.4 Å². The Kier molecular flexibility index (Phi) is 6.65. The normalized spacial score (nSPS) is 18.9. The lowest BCUT2D eigenvalue weighted by Gasteiger charge is -2.18. The van der Waals surface area contributed by atoms with Gasteiger partial charge in [-0.3, -0.25) is 14.4 Å². The van der Waals surface area contributed by atoms with Crippen molar-refractivity contribution in [2.24, 2.45) is 5.92 Å². The Bertz CT molecular complexity index is 938. The number of carbonyl (C=O) groups is 3. The maximum Gasteiger partial charge on any atom is 0.253 e. The fourth-order valence-corrected chi connectivity index (χ4v) is 4.43. The highest BCUT2D eigenvalue weighted by Gasteiger charge is 2.34. The van der Waals surface area contributed by atoms with Crippen LogP contribution in [0, 0.1) is 5.92 Å². The largest absolute Gasteiger partial charge is 0.349 e. The van der Waals surface area contributed by atoms with Gasteiger partial charge < -0.3 is 15.5 Å². The van der Waals surface area contributed by atoms with E-state index in [2.05, 4.69) is 10.6 Å². The zero-order valence-corrected chi connectivity index (χ0v) is 17.7. The zero-order valence-electron chi connectivity index (χ0n) is 17.7. The molecule has 1 aliphatic carbocycles. The Balaban J connectivity index is 1.35. The maximum absolute atomic E-state index is 12.9. The number of amides is 3. The minimum atomic E-state index is -0.408. The van der Waals surface area contributed by atoms with Crippen molar-refractivity contribution in [3.8, 4) is 0 Å². The van der Waals surface area contributed by atoms with Gasteiger partial charge in [0, 0.05) is 25.6 Å². The SMILES string of the molecule is O=C(NC1CCCC1)c1ccccc1NC(=O)[C@@H]1CC(=O)N(CCc2ccccc2)C1. The molecule has 6 heteroatoms. The van der Waals surface area contributed by atoms with Gasteiger partial charge in [0.15, 0.2) is 0 Å². The van der Waals surface area contributed by atoms with Crippen LogP contribution < -0.4 is 10.6 Å². The van der Waals surface area contributed by atoms with Crippen LogP contribution >= 0.6 is 0 Å². The van der Waals surface area contributed by atoms with Gasteiger partial charge in [-0.1, -0.05) is 55.3 Å². The predicted octanol–water partition coefficient (Wildman–Crippen LogP) is 3.39. The second kappa shape index (κ2) is 9.77. The first-order valence-corrected chi connectivity index (χ1v) is 11.1. The molecule has 2 aromatic rings. The van der Waals surface area contributed by atoms with E-state index >= 15 is 0 Å². The summed E-state index contributed by atoms with van der Waals surface area (Å²) >= 11 is 0. The van der Waals surface area contributed by atoms with E-state index in [1.807, 2.05) is 30.3 Å². The molecule has 1 aliphatic heterocycles. The van der Waals surface area contributed by atoms with Crippen molar-refractivity contribution in [3.05, 3.63) is 65.7 Å². The number of benzene rings is 2. The Morgan fingerprint density at radius 2 is 1.68 bits per heavy atom. The molecule has 31 heavy (non-hydrogen) atoms. The fourth-order valence-electron chi connectivity index (χ4n) is 4.43. The minimum Gasteiger partial charge on any atom is -0.349 e. The monoisotopic (exact) mass is 419 g/mol. The minimum absolute atomic E-state index is 0.00310. The first-order chi connectivity index (χ1) is 15.1. The molecular formula is C25H29N3O3. The Morgan fingerprint density at radius 3 is 2.45 bits per heavy atom. The molecular weight excluding hydrogens is 390 g/mol. The summed E-state index contributed by atoms with van der Waals surface area (Å²) in [5, 5.41) is 5.97. The summed E-state index contributed by atoms with van der Waals surface area (Å²) in [7, 11) is 0. The Hall–Kier alpha value is -3.15. The highest BCUT2D eigenvalue weighted by atomic mass is 16.2. The van der Waals surface area contributed by atoms with Gasteiger partial charge in [-0.05, 0) is 37.0 Å². The van der Waals surface area contributed by atoms with Crippen LogP contribution in [0.1, 0.15) is 48.0 Å². The molecule has 4 rings (SSSR count). The first kappa shape index (κ1) is 21.1. The van der Waals surface area contributed by atoms with E-state index in [9.17, 15) is 14.4 Å². The third-order valence-corrected chi connectivity index (χ3v) is 6.22. The van der Waals surface area contributed by atoms with E-state index in [1.165, 1.54) is 5.56 Å². The van der Waals surface area contributed by atoms with Crippen LogP contribution in [0.5, 0.6) is 0 Å². The molecule has 2 fully saturated rings. The standard InChI is InChI=1S/C25H29N3O3/c29-23-16-19(17-28(23)15-14-18-8-2-1-3-9-18)24(30)27-22-13-7-6-12-21(22)25(31)26-20-10-4-5-11-20/h1-3,6-9,12-13,19-20H,4-5,10-11,14-17H2,(H,26,31)(H,27,30)/t19-/m1/s1. The van der Waals surface area contributed by atoms with Gasteiger partial charge in [0.1, 0.15) is 0 Å². The zero-order chi connectivity index (χ0) is 21.6. The molecule has 0 spiro atoms. The van der Waals surface area contributed by atoms with Gasteiger partial charge in [0.05, 0.1) is 17.2 Å². The lowest BCUT2D eigenvalue weighted by Crippen LogP contribution is -2.34. The van der Waals surface area contributed by atoms with Crippen LogP contribution in [0.2, 0.25) is 0 Å². The quantitative estimate of drug-likeness (QED) is 0.722. The van der Waals surface area contributed by atoms with Gasteiger partial charge in [0.25, 0.3) is 5.91 Å². The fraction of sp³-hybridized carbons (Fsp3) is 0.400. The van der Waals surface area contributed by atoms with Crippen LogP contribution in [0.3, 0.4) is 0 Å². The lowest BCUT2D eigenvalue weighted by atomic mass is 10.1. The highest BCUT2D eigenvalue weighted by molar-refractivity contribution is 6.05. The topological polar surface area (TPSA) is 78.5 Å². The average molecular weight is 420 g/mol. The number of nitrogens with one attached hydrogen (secondary N) is 2. The second-order valence-corrected chi connectivity index (χ2v) is 8.47. The summed E-state index contributed by atoms with van der Waals surface area (Å²) in [5.41, 5.74) is 2.14. The summed E-state index contributed by atoms with van der Waals surface area (Å²) in [5.74, 6) is -0.774. The van der Waals surface area contributed by atoms with E-state index in [4.69, 9.17) is 0 Å². The second-order valence-electron chi connectivity index (χ2n) is 8.47. The maximum atomic E-state index is 12.9. The molecule has 1 saturated heterocycles. The van der Waals surface area contributed by atoms with Crippen molar-refractivity contribution in [1.29, 1.82) is 0 Å². The number of rotatable bonds is 7. The number of nitrogens with zero attached hydrogens (tertiary/aromatic N) is 1.